The molecule has 0 bridgehead atoms. The lowest BCUT2D eigenvalue weighted by atomic mass is 10.1. The maximum absolute atomic E-state index is 13.7. The van der Waals surface area contributed by atoms with Crippen molar-refractivity contribution in [2.75, 3.05) is 17.2 Å². The fraction of sp³-hybridized carbons (Fsp3) is 0.238. The summed E-state index contributed by atoms with van der Waals surface area (Å²) in [5.74, 6) is 1.05. The van der Waals surface area contributed by atoms with Crippen molar-refractivity contribution in [1.82, 2.24) is 9.97 Å². The Hall–Kier alpha value is -2.95. The first-order valence-electron chi connectivity index (χ1n) is 8.81. The van der Waals surface area contributed by atoms with Crippen LogP contribution in [0.1, 0.15) is 23.2 Å². The lowest BCUT2D eigenvalue weighted by molar-refractivity contribution is 0.612. The summed E-state index contributed by atoms with van der Waals surface area (Å²) in [6.07, 6.45) is 2.04. The van der Waals surface area contributed by atoms with Crippen molar-refractivity contribution in [3.05, 3.63) is 83.3 Å². The van der Waals surface area contributed by atoms with Crippen LogP contribution in [0.3, 0.4) is 0 Å². The highest BCUT2D eigenvalue weighted by Gasteiger charge is 2.04. The molecule has 1 heterocycles. The van der Waals surface area contributed by atoms with E-state index in [1.807, 2.05) is 25.1 Å². The van der Waals surface area contributed by atoms with E-state index in [1.54, 1.807) is 12.1 Å². The molecule has 26 heavy (non-hydrogen) atoms. The monoisotopic (exact) mass is 350 g/mol. The fourth-order valence-corrected chi connectivity index (χ4v) is 2.71. The molecule has 0 unspecified atom stereocenters. The molecule has 0 aliphatic heterocycles. The Kier molecular flexibility index (Phi) is 6.14. The number of halogens is 1. The second kappa shape index (κ2) is 8.94. The summed E-state index contributed by atoms with van der Waals surface area (Å²) in [7, 11) is 0. The van der Waals surface area contributed by atoms with E-state index in [1.165, 1.54) is 11.6 Å². The van der Waals surface area contributed by atoms with Gasteiger partial charge in [-0.15, -0.1) is 0 Å². The van der Waals surface area contributed by atoms with Crippen molar-refractivity contribution in [2.45, 2.75) is 26.3 Å². The number of rotatable bonds is 8. The Morgan fingerprint density at radius 2 is 1.69 bits per heavy atom. The standard InChI is InChI=1S/C21H23FN4/c1-16-14-20(23-13-7-10-17-8-3-2-4-9-17)26-21(25-16)24-15-18-11-5-6-12-19(18)22/h2-6,8-9,11-12,14H,7,10,13,15H2,1H3,(H2,23,24,25,26). The van der Waals surface area contributed by atoms with Gasteiger partial charge in [0.15, 0.2) is 0 Å². The van der Waals surface area contributed by atoms with Crippen LogP contribution in [-0.2, 0) is 13.0 Å². The summed E-state index contributed by atoms with van der Waals surface area (Å²) >= 11 is 0. The second-order valence-corrected chi connectivity index (χ2v) is 6.18. The van der Waals surface area contributed by atoms with Crippen molar-refractivity contribution >= 4 is 11.8 Å². The van der Waals surface area contributed by atoms with Gasteiger partial charge in [-0.25, -0.2) is 9.37 Å². The highest BCUT2D eigenvalue weighted by molar-refractivity contribution is 5.42. The molecule has 1 aromatic heterocycles. The van der Waals surface area contributed by atoms with Gasteiger partial charge in [-0.3, -0.25) is 0 Å². The molecular formula is C21H23FN4. The van der Waals surface area contributed by atoms with Crippen LogP contribution in [0.4, 0.5) is 16.2 Å². The number of anilines is 2. The Labute approximate surface area is 153 Å². The SMILES string of the molecule is Cc1cc(NCCCc2ccccc2)nc(NCc2ccccc2F)n1. The molecule has 0 spiro atoms. The molecule has 4 nitrogen and oxygen atoms in total. The summed E-state index contributed by atoms with van der Waals surface area (Å²) < 4.78 is 13.7. The van der Waals surface area contributed by atoms with Crippen molar-refractivity contribution in [2.24, 2.45) is 0 Å². The summed E-state index contributed by atoms with van der Waals surface area (Å²) in [6.45, 7) is 3.10. The predicted octanol–water partition coefficient (Wildman–Crippen LogP) is 4.58. The largest absolute Gasteiger partial charge is 0.370 e. The second-order valence-electron chi connectivity index (χ2n) is 6.18. The minimum atomic E-state index is -0.230. The molecular weight excluding hydrogens is 327 g/mol. The number of hydrogen-bond donors (Lipinski definition) is 2. The maximum Gasteiger partial charge on any atom is 0.225 e. The highest BCUT2D eigenvalue weighted by Crippen LogP contribution is 2.13. The average Bonchev–Trinajstić information content (AvgIpc) is 2.65. The van der Waals surface area contributed by atoms with E-state index in [9.17, 15) is 4.39 Å². The van der Waals surface area contributed by atoms with Gasteiger partial charge in [0.05, 0.1) is 0 Å². The molecule has 0 atom stereocenters. The number of aryl methyl sites for hydroxylation is 2. The molecule has 3 rings (SSSR count). The minimum absolute atomic E-state index is 0.230. The van der Waals surface area contributed by atoms with Crippen molar-refractivity contribution in [3.63, 3.8) is 0 Å². The zero-order chi connectivity index (χ0) is 18.2. The van der Waals surface area contributed by atoms with Gasteiger partial charge >= 0.3 is 0 Å². The van der Waals surface area contributed by atoms with Gasteiger partial charge in [0.25, 0.3) is 0 Å². The minimum Gasteiger partial charge on any atom is -0.370 e. The molecule has 0 aliphatic rings. The molecule has 0 radical (unpaired) electrons. The Morgan fingerprint density at radius 1 is 0.923 bits per heavy atom. The lowest BCUT2D eigenvalue weighted by Crippen LogP contribution is -2.10. The molecule has 0 amide bonds. The first-order valence-corrected chi connectivity index (χ1v) is 8.81. The van der Waals surface area contributed by atoms with Gasteiger partial charge in [0.1, 0.15) is 11.6 Å². The van der Waals surface area contributed by atoms with Crippen molar-refractivity contribution in [3.8, 4) is 0 Å². The normalized spacial score (nSPS) is 10.5. The van der Waals surface area contributed by atoms with Crippen LogP contribution in [0.25, 0.3) is 0 Å². The van der Waals surface area contributed by atoms with Crippen LogP contribution in [0, 0.1) is 12.7 Å². The van der Waals surface area contributed by atoms with Crippen molar-refractivity contribution in [1.29, 1.82) is 0 Å². The summed E-state index contributed by atoms with van der Waals surface area (Å²) in [5.41, 5.74) is 2.79. The number of benzene rings is 2. The summed E-state index contributed by atoms with van der Waals surface area (Å²) in [5, 5.41) is 6.44. The van der Waals surface area contributed by atoms with Gasteiger partial charge in [-0.1, -0.05) is 48.5 Å². The van der Waals surface area contributed by atoms with E-state index in [0.717, 1.165) is 30.9 Å². The molecule has 0 saturated heterocycles. The summed E-state index contributed by atoms with van der Waals surface area (Å²) in [6, 6.07) is 19.0. The van der Waals surface area contributed by atoms with Crippen LogP contribution in [0.2, 0.25) is 0 Å². The molecule has 0 saturated carbocycles. The van der Waals surface area contributed by atoms with Crippen molar-refractivity contribution < 1.29 is 4.39 Å². The zero-order valence-electron chi connectivity index (χ0n) is 14.9. The Morgan fingerprint density at radius 3 is 2.50 bits per heavy atom. The molecule has 0 aliphatic carbocycles. The Bertz CT molecular complexity index is 836. The number of nitrogens with one attached hydrogen (secondary N) is 2. The molecule has 5 heteroatoms. The molecule has 0 fully saturated rings. The lowest BCUT2D eigenvalue weighted by Gasteiger charge is -2.10. The van der Waals surface area contributed by atoms with Gasteiger partial charge in [0.2, 0.25) is 5.95 Å². The molecule has 2 N–H and O–H groups in total. The smallest absolute Gasteiger partial charge is 0.225 e. The fourth-order valence-electron chi connectivity index (χ4n) is 2.71. The van der Waals surface area contributed by atoms with E-state index in [4.69, 9.17) is 0 Å². The van der Waals surface area contributed by atoms with Crippen LogP contribution < -0.4 is 10.6 Å². The predicted molar refractivity (Wildman–Crippen MR) is 104 cm³/mol. The third-order valence-corrected chi connectivity index (χ3v) is 4.04. The third-order valence-electron chi connectivity index (χ3n) is 4.04. The van der Waals surface area contributed by atoms with E-state index in [2.05, 4.69) is 44.9 Å². The van der Waals surface area contributed by atoms with E-state index in [0.29, 0.717) is 18.1 Å². The number of aromatic nitrogens is 2. The van der Waals surface area contributed by atoms with E-state index < -0.39 is 0 Å². The topological polar surface area (TPSA) is 49.8 Å². The van der Waals surface area contributed by atoms with Gasteiger partial charge in [0, 0.05) is 30.4 Å². The quantitative estimate of drug-likeness (QED) is 0.584. The highest BCUT2D eigenvalue weighted by atomic mass is 19.1. The van der Waals surface area contributed by atoms with E-state index in [-0.39, 0.29) is 5.82 Å². The summed E-state index contributed by atoms with van der Waals surface area (Å²) in [4.78, 5) is 8.84. The zero-order valence-corrected chi connectivity index (χ0v) is 14.9. The van der Waals surface area contributed by atoms with Crippen LogP contribution in [0.15, 0.2) is 60.7 Å². The maximum atomic E-state index is 13.7. The first-order chi connectivity index (χ1) is 12.7. The van der Waals surface area contributed by atoms with Gasteiger partial charge in [-0.05, 0) is 31.4 Å². The molecule has 2 aromatic carbocycles. The number of hydrogen-bond acceptors (Lipinski definition) is 4. The van der Waals surface area contributed by atoms with E-state index >= 15 is 0 Å². The van der Waals surface area contributed by atoms with Crippen LogP contribution in [-0.4, -0.2) is 16.5 Å². The third kappa shape index (κ3) is 5.28. The van der Waals surface area contributed by atoms with Gasteiger partial charge in [-0.2, -0.15) is 4.98 Å². The first kappa shape index (κ1) is 17.9. The Balaban J connectivity index is 1.53. The average molecular weight is 350 g/mol. The number of nitrogens with zero attached hydrogens (tertiary/aromatic N) is 2. The molecule has 3 aromatic rings. The van der Waals surface area contributed by atoms with Crippen LogP contribution in [0.5, 0.6) is 0 Å². The van der Waals surface area contributed by atoms with Crippen LogP contribution >= 0.6 is 0 Å². The molecule has 134 valence electrons. The van der Waals surface area contributed by atoms with Gasteiger partial charge < -0.3 is 10.6 Å².